The van der Waals surface area contributed by atoms with Crippen molar-refractivity contribution in [2.75, 3.05) is 46.6 Å². The third-order valence-corrected chi connectivity index (χ3v) is 7.41. The number of alkyl halides is 3. The molecule has 0 bridgehead atoms. The zero-order chi connectivity index (χ0) is 36.0. The van der Waals surface area contributed by atoms with Gasteiger partial charge >= 0.3 is 18.1 Å². The highest BCUT2D eigenvalue weighted by Crippen LogP contribution is 2.46. The number of rotatable bonds is 19. The van der Waals surface area contributed by atoms with Crippen molar-refractivity contribution in [3.63, 3.8) is 0 Å². The number of para-hydroxylation sites is 1. The molecule has 0 aromatic heterocycles. The van der Waals surface area contributed by atoms with E-state index >= 15 is 0 Å². The van der Waals surface area contributed by atoms with Crippen LogP contribution in [0.2, 0.25) is 0 Å². The maximum Gasteiger partial charge on any atom is 0.431 e. The molecule has 2 unspecified atom stereocenters. The first-order valence-electron chi connectivity index (χ1n) is 15.6. The lowest BCUT2D eigenvalue weighted by molar-refractivity contribution is -0.384. The molecule has 2 aromatic carbocycles. The van der Waals surface area contributed by atoms with Gasteiger partial charge in [-0.15, -0.1) is 24.8 Å². The van der Waals surface area contributed by atoms with Gasteiger partial charge in [0.05, 0.1) is 35.7 Å². The van der Waals surface area contributed by atoms with E-state index in [2.05, 4.69) is 10.6 Å². The standard InChI is InChI=1S/C33H41F3N4O9.2ClH/c1-21-27(32(43)48-16-9-4-3-8-15-38-19-23(41)20-49-24-10-6-5-7-11-24)28(29(31(42)46-2)30(39-21)33(34,35)36)25-18-22(40(44)45)12-13-26(25)47-17-14-37;;/h5-7,10-13,18,23,28,38-39,41H,3-4,8-9,14-17,19-20,37H2,1-2H3;2*1H. The number of hydrogen-bond donors (Lipinski definition) is 4. The van der Waals surface area contributed by atoms with Gasteiger partial charge in [-0.3, -0.25) is 10.1 Å². The van der Waals surface area contributed by atoms with Crippen LogP contribution in [0.1, 0.15) is 44.1 Å². The highest BCUT2D eigenvalue weighted by molar-refractivity contribution is 6.00. The normalized spacial score (nSPS) is 14.8. The predicted molar refractivity (Wildman–Crippen MR) is 186 cm³/mol. The van der Waals surface area contributed by atoms with Gasteiger partial charge in [0.2, 0.25) is 0 Å². The number of allylic oxidation sites excluding steroid dienone is 2. The van der Waals surface area contributed by atoms with Crippen LogP contribution in [0.3, 0.4) is 0 Å². The number of unbranched alkanes of at least 4 members (excludes halogenated alkanes) is 3. The molecule has 0 saturated carbocycles. The van der Waals surface area contributed by atoms with E-state index in [4.69, 9.17) is 24.7 Å². The monoisotopic (exact) mass is 766 g/mol. The fourth-order valence-corrected chi connectivity index (χ4v) is 5.12. The number of carbonyl (C=O) groups is 2. The number of benzene rings is 2. The molecule has 1 aliphatic rings. The average Bonchev–Trinajstić information content (AvgIpc) is 3.08. The van der Waals surface area contributed by atoms with Crippen molar-refractivity contribution >= 4 is 42.4 Å². The van der Waals surface area contributed by atoms with Crippen molar-refractivity contribution in [3.05, 3.63) is 86.7 Å². The second kappa shape index (κ2) is 22.0. The molecule has 18 heteroatoms. The van der Waals surface area contributed by atoms with Crippen LogP contribution in [0.5, 0.6) is 11.5 Å². The minimum atomic E-state index is -5.10. The van der Waals surface area contributed by atoms with Crippen LogP contribution in [0.4, 0.5) is 18.9 Å². The van der Waals surface area contributed by atoms with Crippen LogP contribution in [0.15, 0.2) is 71.1 Å². The van der Waals surface area contributed by atoms with Gasteiger partial charge in [0.15, 0.2) is 0 Å². The van der Waals surface area contributed by atoms with Gasteiger partial charge in [-0.1, -0.05) is 31.0 Å². The van der Waals surface area contributed by atoms with Crippen LogP contribution in [-0.2, 0) is 19.1 Å². The smallest absolute Gasteiger partial charge is 0.431 e. The maximum atomic E-state index is 14.3. The largest absolute Gasteiger partial charge is 0.492 e. The fourth-order valence-electron chi connectivity index (χ4n) is 5.12. The molecule has 5 N–H and O–H groups in total. The SMILES string of the molecule is COC(=O)C1=C(C(F)(F)F)NC(C)=C(C(=O)OCCCCCCNCC(O)COc2ccccc2)C1c1cc([N+](=O)[O-])ccc1OCCN.Cl.Cl. The molecule has 0 radical (unpaired) electrons. The number of methoxy groups -OCH3 is 1. The lowest BCUT2D eigenvalue weighted by Gasteiger charge is -2.32. The van der Waals surface area contributed by atoms with E-state index in [1.807, 2.05) is 18.2 Å². The zero-order valence-electron chi connectivity index (χ0n) is 28.0. The number of non-ortho nitro benzene ring substituents is 1. The summed E-state index contributed by atoms with van der Waals surface area (Å²) in [6.07, 6.45) is -3.18. The Labute approximate surface area is 305 Å². The number of ether oxygens (including phenoxy) is 4. The van der Waals surface area contributed by atoms with Crippen molar-refractivity contribution in [3.8, 4) is 11.5 Å². The Morgan fingerprint density at radius 3 is 2.33 bits per heavy atom. The molecular weight excluding hydrogens is 724 g/mol. The van der Waals surface area contributed by atoms with Crippen LogP contribution in [0, 0.1) is 10.1 Å². The molecule has 0 fully saturated rings. The molecule has 0 amide bonds. The molecule has 284 valence electrons. The zero-order valence-corrected chi connectivity index (χ0v) is 29.7. The molecule has 2 aromatic rings. The van der Waals surface area contributed by atoms with Crippen LogP contribution in [0.25, 0.3) is 0 Å². The van der Waals surface area contributed by atoms with E-state index < -0.39 is 52.0 Å². The number of nitro benzene ring substituents is 1. The van der Waals surface area contributed by atoms with Gasteiger partial charge in [-0.05, 0) is 44.5 Å². The van der Waals surface area contributed by atoms with Crippen molar-refractivity contribution in [2.45, 2.75) is 50.8 Å². The number of nitrogens with two attached hydrogens (primary N) is 1. The van der Waals surface area contributed by atoms with Gasteiger partial charge in [-0.2, -0.15) is 13.2 Å². The first-order valence-corrected chi connectivity index (χ1v) is 15.6. The second-order valence-corrected chi connectivity index (χ2v) is 11.0. The number of carbonyl (C=O) groups excluding carboxylic acids is 2. The number of dihydropyridines is 1. The summed E-state index contributed by atoms with van der Waals surface area (Å²) in [5.74, 6) is -3.69. The minimum absolute atomic E-state index is 0. The minimum Gasteiger partial charge on any atom is -0.492 e. The van der Waals surface area contributed by atoms with E-state index in [1.165, 1.54) is 13.0 Å². The van der Waals surface area contributed by atoms with E-state index in [1.54, 1.807) is 12.1 Å². The summed E-state index contributed by atoms with van der Waals surface area (Å²) in [5, 5.41) is 27.0. The van der Waals surface area contributed by atoms with Gasteiger partial charge in [-0.25, -0.2) is 9.59 Å². The van der Waals surface area contributed by atoms with Crippen molar-refractivity contribution in [1.29, 1.82) is 0 Å². The van der Waals surface area contributed by atoms with Crippen molar-refractivity contribution < 1.29 is 51.7 Å². The Morgan fingerprint density at radius 2 is 1.71 bits per heavy atom. The Morgan fingerprint density at radius 1 is 1.02 bits per heavy atom. The number of esters is 2. The maximum absolute atomic E-state index is 14.3. The summed E-state index contributed by atoms with van der Waals surface area (Å²) in [7, 11) is 0.876. The molecule has 13 nitrogen and oxygen atoms in total. The lowest BCUT2D eigenvalue weighted by atomic mass is 9.79. The van der Waals surface area contributed by atoms with Crippen LogP contribution < -0.4 is 25.8 Å². The summed E-state index contributed by atoms with van der Waals surface area (Å²) in [6, 6.07) is 12.3. The third kappa shape index (κ3) is 13.2. The highest BCUT2D eigenvalue weighted by Gasteiger charge is 2.48. The van der Waals surface area contributed by atoms with Gasteiger partial charge in [0.25, 0.3) is 5.69 Å². The van der Waals surface area contributed by atoms with Crippen LogP contribution >= 0.6 is 24.8 Å². The molecule has 0 spiro atoms. The number of aliphatic hydroxyl groups excluding tert-OH is 1. The molecule has 0 aliphatic carbocycles. The molecule has 0 saturated heterocycles. The van der Waals surface area contributed by atoms with Crippen molar-refractivity contribution in [2.24, 2.45) is 5.73 Å². The molecule has 51 heavy (non-hydrogen) atoms. The summed E-state index contributed by atoms with van der Waals surface area (Å²) >= 11 is 0. The summed E-state index contributed by atoms with van der Waals surface area (Å²) in [6.45, 7) is 2.13. The second-order valence-electron chi connectivity index (χ2n) is 11.0. The average molecular weight is 768 g/mol. The van der Waals surface area contributed by atoms with E-state index in [0.29, 0.717) is 31.7 Å². The summed E-state index contributed by atoms with van der Waals surface area (Å²) < 4.78 is 64.1. The number of nitrogens with one attached hydrogen (secondary N) is 2. The van der Waals surface area contributed by atoms with Crippen molar-refractivity contribution in [1.82, 2.24) is 10.6 Å². The number of hydrogen-bond acceptors (Lipinski definition) is 12. The third-order valence-electron chi connectivity index (χ3n) is 7.41. The fraction of sp³-hybridized carbons (Fsp3) is 0.455. The predicted octanol–water partition coefficient (Wildman–Crippen LogP) is 4.86. The molecule has 1 aliphatic heterocycles. The van der Waals surface area contributed by atoms with Gasteiger partial charge < -0.3 is 40.4 Å². The van der Waals surface area contributed by atoms with Crippen LogP contribution in [-0.4, -0.2) is 80.8 Å². The molecular formula is C33H43Cl2F3N4O9. The Bertz CT molecular complexity index is 1510. The molecule has 3 rings (SSSR count). The summed E-state index contributed by atoms with van der Waals surface area (Å²) in [5.41, 5.74) is 1.66. The number of aliphatic hydroxyl groups is 1. The van der Waals surface area contributed by atoms with Gasteiger partial charge in [0, 0.05) is 36.5 Å². The lowest BCUT2D eigenvalue weighted by Crippen LogP contribution is -2.38. The van der Waals surface area contributed by atoms with E-state index in [9.17, 15) is 38.0 Å². The quantitative estimate of drug-likeness (QED) is 0.0660. The first-order chi connectivity index (χ1) is 23.4. The number of nitro groups is 1. The highest BCUT2D eigenvalue weighted by atomic mass is 35.5. The Kier molecular flexibility index (Phi) is 19.4. The molecule has 1 heterocycles. The summed E-state index contributed by atoms with van der Waals surface area (Å²) in [4.78, 5) is 37.3. The number of halogens is 5. The number of nitrogens with zero attached hydrogens (tertiary/aromatic N) is 1. The van der Waals surface area contributed by atoms with E-state index in [0.717, 1.165) is 32.1 Å². The van der Waals surface area contributed by atoms with Gasteiger partial charge in [0.1, 0.15) is 36.5 Å². The van der Waals surface area contributed by atoms with E-state index in [-0.39, 0.29) is 73.8 Å². The first kappa shape index (κ1) is 44.9. The topological polar surface area (TPSA) is 185 Å². The molecule has 2 atom stereocenters. The Balaban J connectivity index is 0.00000650. The Hall–Kier alpha value is -4.09.